The molecule has 1 atom stereocenters. The summed E-state index contributed by atoms with van der Waals surface area (Å²) < 4.78 is 1.86. The highest BCUT2D eigenvalue weighted by Gasteiger charge is 2.20. The first-order valence-corrected chi connectivity index (χ1v) is 9.21. The van der Waals surface area contributed by atoms with Gasteiger partial charge in [-0.25, -0.2) is 4.98 Å². The maximum atomic E-state index is 12.5. The van der Waals surface area contributed by atoms with Crippen LogP contribution < -0.4 is 10.6 Å². The highest BCUT2D eigenvalue weighted by Crippen LogP contribution is 2.15. The molecule has 1 aromatic carbocycles. The van der Waals surface area contributed by atoms with E-state index in [4.69, 9.17) is 0 Å². The van der Waals surface area contributed by atoms with Crippen LogP contribution in [0.1, 0.15) is 19.8 Å². The maximum Gasteiger partial charge on any atom is 0.246 e. The van der Waals surface area contributed by atoms with Crippen LogP contribution in [0.2, 0.25) is 0 Å². The number of anilines is 1. The molecular formula is C17H22N4O2S. The minimum atomic E-state index is -0.526. The molecule has 2 rings (SSSR count). The molecule has 0 aliphatic rings. The van der Waals surface area contributed by atoms with Crippen molar-refractivity contribution in [2.24, 2.45) is 0 Å². The number of thioether (sulfide) groups is 1. The van der Waals surface area contributed by atoms with Gasteiger partial charge in [0, 0.05) is 30.2 Å². The number of nitrogens with one attached hydrogen (secondary N) is 2. The Morgan fingerprint density at radius 2 is 2.21 bits per heavy atom. The summed E-state index contributed by atoms with van der Waals surface area (Å²) in [6.45, 7) is 1.77. The van der Waals surface area contributed by atoms with Crippen LogP contribution in [0.4, 0.5) is 5.69 Å². The third-order valence-corrected chi connectivity index (χ3v) is 4.14. The van der Waals surface area contributed by atoms with E-state index in [1.807, 2.05) is 41.3 Å². The summed E-state index contributed by atoms with van der Waals surface area (Å²) in [7, 11) is 0. The van der Waals surface area contributed by atoms with Crippen LogP contribution in [-0.4, -0.2) is 39.4 Å². The summed E-state index contributed by atoms with van der Waals surface area (Å²) in [5.41, 5.74) is 1.59. The summed E-state index contributed by atoms with van der Waals surface area (Å²) in [6, 6.07) is 6.97. The SMILES string of the molecule is CCC(=O)N[C@H](CCSC)C(=O)Nc1cccc(-n2ccnc2)c1. The lowest BCUT2D eigenvalue weighted by Crippen LogP contribution is -2.44. The Balaban J connectivity index is 2.08. The normalized spacial score (nSPS) is 11.8. The summed E-state index contributed by atoms with van der Waals surface area (Å²) in [5.74, 6) is 0.481. The number of hydrogen-bond donors (Lipinski definition) is 2. The lowest BCUT2D eigenvalue weighted by Gasteiger charge is -2.18. The molecule has 0 bridgehead atoms. The Hall–Kier alpha value is -2.28. The van der Waals surface area contributed by atoms with Crippen LogP contribution in [0.3, 0.4) is 0 Å². The lowest BCUT2D eigenvalue weighted by molar-refractivity contribution is -0.126. The average Bonchev–Trinajstić information content (AvgIpc) is 3.13. The molecule has 1 heterocycles. The van der Waals surface area contributed by atoms with Gasteiger partial charge in [0.15, 0.2) is 0 Å². The number of carbonyl (C=O) groups excluding carboxylic acids is 2. The van der Waals surface area contributed by atoms with E-state index in [1.165, 1.54) is 0 Å². The fraction of sp³-hybridized carbons (Fsp3) is 0.353. The molecule has 0 aliphatic carbocycles. The predicted octanol–water partition coefficient (Wildman–Crippen LogP) is 2.46. The van der Waals surface area contributed by atoms with Gasteiger partial charge in [-0.15, -0.1) is 0 Å². The third kappa shape index (κ3) is 5.13. The van der Waals surface area contributed by atoms with Gasteiger partial charge < -0.3 is 15.2 Å². The van der Waals surface area contributed by atoms with Crippen molar-refractivity contribution in [2.45, 2.75) is 25.8 Å². The van der Waals surface area contributed by atoms with Crippen molar-refractivity contribution in [1.29, 1.82) is 0 Å². The number of benzene rings is 1. The Bertz CT molecular complexity index is 673. The summed E-state index contributed by atoms with van der Waals surface area (Å²) >= 11 is 1.65. The predicted molar refractivity (Wildman–Crippen MR) is 97.4 cm³/mol. The van der Waals surface area contributed by atoms with E-state index < -0.39 is 6.04 Å². The molecule has 0 radical (unpaired) electrons. The summed E-state index contributed by atoms with van der Waals surface area (Å²) in [4.78, 5) is 28.2. The largest absolute Gasteiger partial charge is 0.344 e. The van der Waals surface area contributed by atoms with Crippen molar-refractivity contribution in [1.82, 2.24) is 14.9 Å². The van der Waals surface area contributed by atoms with Crippen LogP contribution in [-0.2, 0) is 9.59 Å². The van der Waals surface area contributed by atoms with E-state index in [0.717, 1.165) is 11.4 Å². The second-order valence-corrected chi connectivity index (χ2v) is 6.25. The molecule has 0 unspecified atom stereocenters. The van der Waals surface area contributed by atoms with Gasteiger partial charge in [0.05, 0.1) is 6.33 Å². The Morgan fingerprint density at radius 3 is 2.88 bits per heavy atom. The molecule has 2 N–H and O–H groups in total. The quantitative estimate of drug-likeness (QED) is 0.770. The number of amides is 2. The number of imidazole rings is 1. The molecule has 0 saturated heterocycles. The zero-order valence-electron chi connectivity index (χ0n) is 13.9. The number of hydrogen-bond acceptors (Lipinski definition) is 4. The van der Waals surface area contributed by atoms with Gasteiger partial charge in [0.25, 0.3) is 0 Å². The van der Waals surface area contributed by atoms with Gasteiger partial charge in [-0.3, -0.25) is 9.59 Å². The van der Waals surface area contributed by atoms with Gasteiger partial charge in [-0.1, -0.05) is 13.0 Å². The second-order valence-electron chi connectivity index (χ2n) is 5.26. The van der Waals surface area contributed by atoms with E-state index in [1.54, 1.807) is 31.2 Å². The number of carbonyl (C=O) groups is 2. The third-order valence-electron chi connectivity index (χ3n) is 3.50. The highest BCUT2D eigenvalue weighted by atomic mass is 32.2. The van der Waals surface area contributed by atoms with Gasteiger partial charge in [-0.05, 0) is 36.6 Å². The standard InChI is InChI=1S/C17H22N4O2S/c1-3-16(22)20-15(7-10-24-2)17(23)19-13-5-4-6-14(11-13)21-9-8-18-12-21/h4-6,8-9,11-12,15H,3,7,10H2,1-2H3,(H,19,23)(H,20,22)/t15-/m1/s1. The molecule has 6 nitrogen and oxygen atoms in total. The van der Waals surface area contributed by atoms with E-state index in [0.29, 0.717) is 18.5 Å². The topological polar surface area (TPSA) is 76.0 Å². The molecule has 2 aromatic rings. The zero-order chi connectivity index (χ0) is 17.4. The zero-order valence-corrected chi connectivity index (χ0v) is 14.7. The number of aromatic nitrogens is 2. The van der Waals surface area contributed by atoms with E-state index in [-0.39, 0.29) is 11.8 Å². The van der Waals surface area contributed by atoms with Crippen molar-refractivity contribution in [3.63, 3.8) is 0 Å². The Kier molecular flexibility index (Phi) is 6.87. The average molecular weight is 346 g/mol. The smallest absolute Gasteiger partial charge is 0.246 e. The molecular weight excluding hydrogens is 324 g/mol. The minimum Gasteiger partial charge on any atom is -0.344 e. The molecule has 0 spiro atoms. The minimum absolute atomic E-state index is 0.122. The fourth-order valence-corrected chi connectivity index (χ4v) is 2.66. The number of rotatable bonds is 8. The van der Waals surface area contributed by atoms with E-state index in [2.05, 4.69) is 15.6 Å². The summed E-state index contributed by atoms with van der Waals surface area (Å²) in [5, 5.41) is 5.67. The molecule has 7 heteroatoms. The van der Waals surface area contributed by atoms with E-state index >= 15 is 0 Å². The van der Waals surface area contributed by atoms with Crippen LogP contribution in [0.5, 0.6) is 0 Å². The van der Waals surface area contributed by atoms with Crippen LogP contribution >= 0.6 is 11.8 Å². The van der Waals surface area contributed by atoms with Crippen molar-refractivity contribution in [2.75, 3.05) is 17.3 Å². The van der Waals surface area contributed by atoms with Crippen LogP contribution in [0.15, 0.2) is 43.0 Å². The lowest BCUT2D eigenvalue weighted by atomic mass is 10.2. The van der Waals surface area contributed by atoms with Gasteiger partial charge in [-0.2, -0.15) is 11.8 Å². The Labute approximate surface area is 146 Å². The molecule has 128 valence electrons. The molecule has 2 amide bonds. The van der Waals surface area contributed by atoms with Gasteiger partial charge in [0.1, 0.15) is 6.04 Å². The molecule has 24 heavy (non-hydrogen) atoms. The first-order valence-electron chi connectivity index (χ1n) is 7.81. The van der Waals surface area contributed by atoms with Crippen molar-refractivity contribution < 1.29 is 9.59 Å². The first kappa shape index (κ1) is 18.1. The first-order chi connectivity index (χ1) is 11.6. The van der Waals surface area contributed by atoms with E-state index in [9.17, 15) is 9.59 Å². The highest BCUT2D eigenvalue weighted by molar-refractivity contribution is 7.98. The van der Waals surface area contributed by atoms with Crippen molar-refractivity contribution in [3.05, 3.63) is 43.0 Å². The second kappa shape index (κ2) is 9.12. The molecule has 0 saturated carbocycles. The molecule has 0 aliphatic heterocycles. The molecule has 0 fully saturated rings. The number of nitrogens with zero attached hydrogens (tertiary/aromatic N) is 2. The monoisotopic (exact) mass is 346 g/mol. The van der Waals surface area contributed by atoms with Gasteiger partial charge >= 0.3 is 0 Å². The van der Waals surface area contributed by atoms with Crippen molar-refractivity contribution >= 4 is 29.3 Å². The molecule has 1 aromatic heterocycles. The fourth-order valence-electron chi connectivity index (χ4n) is 2.19. The summed E-state index contributed by atoms with van der Waals surface area (Å²) in [6.07, 6.45) is 8.17. The maximum absolute atomic E-state index is 12.5. The van der Waals surface area contributed by atoms with Crippen LogP contribution in [0, 0.1) is 0 Å². The van der Waals surface area contributed by atoms with Crippen molar-refractivity contribution in [3.8, 4) is 5.69 Å². The Morgan fingerprint density at radius 1 is 1.38 bits per heavy atom. The van der Waals surface area contributed by atoms with Crippen LogP contribution in [0.25, 0.3) is 5.69 Å². The van der Waals surface area contributed by atoms with Gasteiger partial charge in [0.2, 0.25) is 11.8 Å².